The maximum atomic E-state index is 13.0. The molecule has 5 aliphatic rings. The minimum atomic E-state index is -1.35. The number of carbonyl (C=O) groups excluding carboxylic acids is 2. The minimum Gasteiger partial charge on any atom is -0.481 e. The van der Waals surface area contributed by atoms with Crippen molar-refractivity contribution in [3.63, 3.8) is 0 Å². The van der Waals surface area contributed by atoms with E-state index in [1.165, 1.54) is 0 Å². The van der Waals surface area contributed by atoms with Gasteiger partial charge in [-0.1, -0.05) is 69.3 Å². The molecule has 0 bridgehead atoms. The zero-order chi connectivity index (χ0) is 35.4. The number of carboxylic acids is 1. The van der Waals surface area contributed by atoms with Crippen LogP contribution in [0.2, 0.25) is 0 Å². The Morgan fingerprint density at radius 2 is 1.62 bits per heavy atom. The predicted octanol–water partition coefficient (Wildman–Crippen LogP) is 6.46. The molecule has 2 aromatic carbocycles. The van der Waals surface area contributed by atoms with Crippen molar-refractivity contribution in [3.05, 3.63) is 59.7 Å². The summed E-state index contributed by atoms with van der Waals surface area (Å²) in [5.74, 6) is 0.769. The highest BCUT2D eigenvalue weighted by Gasteiger charge is 2.64. The molecule has 2 amide bonds. The quantitative estimate of drug-likeness (QED) is 0.191. The standard InChI is InChI=1S/C41H54N2O7/c1-24(12-17-37(46)47)32-15-16-33-30-14-13-25-21-41(49,19-18-39(25,2)34(30)20-35(44)40(32,33)3)43-36(45)22-42-38(48)50-23-31-28-10-6-4-8-26(28)27-9-5-7-11-29(27)31/h4-11,24-25,30-35,44,49H,12-23H2,1-3H3,(H,42,48)(H,43,45)(H,46,47)/t24-,25-,30+,32-,33+,34+,35+,39+,40-,41-/m1/s1. The van der Waals surface area contributed by atoms with Crippen LogP contribution in [0.1, 0.15) is 102 Å². The lowest BCUT2D eigenvalue weighted by atomic mass is 9.43. The summed E-state index contributed by atoms with van der Waals surface area (Å²) in [6.45, 7) is 6.65. The van der Waals surface area contributed by atoms with E-state index < -0.39 is 29.8 Å². The second kappa shape index (κ2) is 13.3. The summed E-state index contributed by atoms with van der Waals surface area (Å²) < 4.78 is 5.59. The predicted molar refractivity (Wildman–Crippen MR) is 189 cm³/mol. The van der Waals surface area contributed by atoms with Gasteiger partial charge in [0.25, 0.3) is 0 Å². The Morgan fingerprint density at radius 3 is 2.30 bits per heavy atom. The molecular weight excluding hydrogens is 632 g/mol. The van der Waals surface area contributed by atoms with Gasteiger partial charge in [0.2, 0.25) is 5.91 Å². The number of carbonyl (C=O) groups is 3. The first-order chi connectivity index (χ1) is 23.8. The number of carboxylic acid groups (broad SMARTS) is 1. The lowest BCUT2D eigenvalue weighted by molar-refractivity contribution is -0.190. The summed E-state index contributed by atoms with van der Waals surface area (Å²) in [6.07, 6.45) is 6.21. The Kier molecular flexibility index (Phi) is 9.29. The Balaban J connectivity index is 0.924. The number of nitrogens with one attached hydrogen (secondary N) is 2. The maximum Gasteiger partial charge on any atom is 0.407 e. The third-order valence-corrected chi connectivity index (χ3v) is 14.5. The molecule has 9 nitrogen and oxygen atoms in total. The lowest BCUT2D eigenvalue weighted by Gasteiger charge is -2.63. The van der Waals surface area contributed by atoms with E-state index in [2.05, 4.69) is 55.7 Å². The van der Waals surface area contributed by atoms with Crippen molar-refractivity contribution >= 4 is 18.0 Å². The smallest absolute Gasteiger partial charge is 0.407 e. The number of alkyl carbamates (subject to hydrolysis) is 1. The lowest BCUT2D eigenvalue weighted by Crippen LogP contribution is -2.62. The maximum absolute atomic E-state index is 13.0. The zero-order valence-corrected chi connectivity index (χ0v) is 29.7. The van der Waals surface area contributed by atoms with Crippen molar-refractivity contribution in [2.45, 2.75) is 103 Å². The van der Waals surface area contributed by atoms with E-state index in [9.17, 15) is 29.7 Å². The molecule has 4 fully saturated rings. The van der Waals surface area contributed by atoms with Crippen LogP contribution < -0.4 is 10.6 Å². The highest BCUT2D eigenvalue weighted by Crippen LogP contribution is 2.68. The molecule has 0 aromatic heterocycles. The third-order valence-electron chi connectivity index (χ3n) is 14.5. The highest BCUT2D eigenvalue weighted by molar-refractivity contribution is 5.83. The molecule has 0 unspecified atom stereocenters. The molecule has 5 aliphatic carbocycles. The molecular formula is C41H54N2O7. The van der Waals surface area contributed by atoms with Crippen molar-refractivity contribution in [2.75, 3.05) is 13.2 Å². The molecule has 0 radical (unpaired) electrons. The number of aliphatic hydroxyl groups is 2. The van der Waals surface area contributed by atoms with Gasteiger partial charge in [-0.3, -0.25) is 9.59 Å². The summed E-state index contributed by atoms with van der Waals surface area (Å²) in [6, 6.07) is 16.3. The number of aliphatic hydroxyl groups excluding tert-OH is 1. The van der Waals surface area contributed by atoms with Gasteiger partial charge < -0.3 is 30.7 Å². The van der Waals surface area contributed by atoms with Crippen molar-refractivity contribution in [1.29, 1.82) is 0 Å². The van der Waals surface area contributed by atoms with Gasteiger partial charge in [0.15, 0.2) is 0 Å². The number of amides is 2. The van der Waals surface area contributed by atoms with Crippen LogP contribution in [-0.4, -0.2) is 58.3 Å². The molecule has 0 saturated heterocycles. The van der Waals surface area contributed by atoms with Gasteiger partial charge in [-0.15, -0.1) is 0 Å². The van der Waals surface area contributed by atoms with Crippen molar-refractivity contribution in [2.24, 2.45) is 46.3 Å². The zero-order valence-electron chi connectivity index (χ0n) is 29.7. The Morgan fingerprint density at radius 1 is 0.940 bits per heavy atom. The van der Waals surface area contributed by atoms with Crippen molar-refractivity contribution in [1.82, 2.24) is 10.6 Å². The summed E-state index contributed by atoms with van der Waals surface area (Å²) in [4.78, 5) is 37.0. The van der Waals surface area contributed by atoms with Gasteiger partial charge in [-0.05, 0) is 126 Å². The van der Waals surface area contributed by atoms with E-state index in [0.29, 0.717) is 42.9 Å². The van der Waals surface area contributed by atoms with Crippen LogP contribution in [0.25, 0.3) is 11.1 Å². The largest absolute Gasteiger partial charge is 0.481 e. The normalized spacial score (nSPS) is 36.2. The van der Waals surface area contributed by atoms with Gasteiger partial charge in [0.1, 0.15) is 18.9 Å². The first-order valence-corrected chi connectivity index (χ1v) is 18.9. The number of fused-ring (bicyclic) bond motifs is 8. The molecule has 270 valence electrons. The first-order valence-electron chi connectivity index (χ1n) is 18.9. The monoisotopic (exact) mass is 686 g/mol. The van der Waals surface area contributed by atoms with E-state index in [1.807, 2.05) is 24.3 Å². The topological polar surface area (TPSA) is 145 Å². The number of hydrogen-bond donors (Lipinski definition) is 5. The highest BCUT2D eigenvalue weighted by atomic mass is 16.5. The Hall–Kier alpha value is -3.43. The number of benzene rings is 2. The second-order valence-electron chi connectivity index (χ2n) is 16.8. The molecule has 4 saturated carbocycles. The van der Waals surface area contributed by atoms with Crippen LogP contribution in [-0.2, 0) is 14.3 Å². The van der Waals surface area contributed by atoms with E-state index >= 15 is 0 Å². The van der Waals surface area contributed by atoms with Gasteiger partial charge in [-0.2, -0.15) is 0 Å². The van der Waals surface area contributed by atoms with Gasteiger partial charge >= 0.3 is 12.1 Å². The molecule has 7 rings (SSSR count). The summed E-state index contributed by atoms with van der Waals surface area (Å²) in [7, 11) is 0. The van der Waals surface area contributed by atoms with Crippen LogP contribution >= 0.6 is 0 Å². The second-order valence-corrected chi connectivity index (χ2v) is 16.8. The van der Waals surface area contributed by atoms with Gasteiger partial charge in [0, 0.05) is 12.3 Å². The van der Waals surface area contributed by atoms with Crippen molar-refractivity contribution in [3.8, 4) is 11.1 Å². The summed E-state index contributed by atoms with van der Waals surface area (Å²) in [5.41, 5.74) is 2.92. The van der Waals surface area contributed by atoms with Crippen molar-refractivity contribution < 1.29 is 34.4 Å². The van der Waals surface area contributed by atoms with E-state index in [1.54, 1.807) is 0 Å². The fraction of sp³-hybridized carbons (Fsp3) is 0.634. The number of hydrogen-bond acceptors (Lipinski definition) is 6. The van der Waals surface area contributed by atoms with E-state index in [-0.39, 0.29) is 48.2 Å². The molecule has 10 atom stereocenters. The van der Waals surface area contributed by atoms with Crippen LogP contribution in [0.3, 0.4) is 0 Å². The van der Waals surface area contributed by atoms with Crippen LogP contribution in [0.4, 0.5) is 4.79 Å². The molecule has 9 heteroatoms. The number of rotatable bonds is 9. The number of ether oxygens (including phenoxy) is 1. The van der Waals surface area contributed by atoms with Crippen LogP contribution in [0.5, 0.6) is 0 Å². The molecule has 0 heterocycles. The Bertz CT molecular complexity index is 1580. The molecule has 50 heavy (non-hydrogen) atoms. The molecule has 5 N–H and O–H groups in total. The van der Waals surface area contributed by atoms with E-state index in [4.69, 9.17) is 4.74 Å². The fourth-order valence-electron chi connectivity index (χ4n) is 11.9. The SMILES string of the molecule is C[C@H](CCC(=O)O)[C@H]1CC[C@H]2[C@@H]3CC[C@@H]4C[C@@](O)(NC(=O)CNC(=O)OCC5c6ccccc6-c6ccccc65)CC[C@]4(C)[C@H]3C[C@H](O)[C@]12C. The van der Waals surface area contributed by atoms with Gasteiger partial charge in [-0.25, -0.2) is 4.79 Å². The average Bonchev–Trinajstić information content (AvgIpc) is 3.62. The van der Waals surface area contributed by atoms with Gasteiger partial charge in [0.05, 0.1) is 6.10 Å². The van der Waals surface area contributed by atoms with E-state index in [0.717, 1.165) is 60.8 Å². The molecule has 0 spiro atoms. The molecule has 2 aromatic rings. The third kappa shape index (κ3) is 6.02. The van der Waals surface area contributed by atoms with Crippen LogP contribution in [0.15, 0.2) is 48.5 Å². The first kappa shape index (κ1) is 35.0. The molecule has 0 aliphatic heterocycles. The minimum absolute atomic E-state index is 0.0469. The average molecular weight is 687 g/mol. The summed E-state index contributed by atoms with van der Waals surface area (Å²) >= 11 is 0. The Labute approximate surface area is 295 Å². The number of aliphatic carboxylic acids is 1. The fourth-order valence-corrected chi connectivity index (χ4v) is 11.9. The summed E-state index contributed by atoms with van der Waals surface area (Å²) in [5, 5.41) is 38.2. The van der Waals surface area contributed by atoms with Crippen LogP contribution in [0, 0.1) is 46.3 Å².